The summed E-state index contributed by atoms with van der Waals surface area (Å²) >= 11 is 0. The van der Waals surface area contributed by atoms with E-state index in [0.29, 0.717) is 23.2 Å². The SMILES string of the molecule is COc1ccccc1OCc1nc(-c2cccnc2)no1. The molecule has 3 aromatic rings. The summed E-state index contributed by atoms with van der Waals surface area (Å²) in [4.78, 5) is 8.28. The van der Waals surface area contributed by atoms with E-state index in [9.17, 15) is 0 Å². The molecule has 2 heterocycles. The maximum absolute atomic E-state index is 5.63. The predicted octanol–water partition coefficient (Wildman–Crippen LogP) is 2.72. The maximum Gasteiger partial charge on any atom is 0.264 e. The van der Waals surface area contributed by atoms with Crippen molar-refractivity contribution >= 4 is 0 Å². The molecule has 0 saturated carbocycles. The average molecular weight is 283 g/mol. The first-order valence-corrected chi connectivity index (χ1v) is 6.35. The van der Waals surface area contributed by atoms with Gasteiger partial charge in [-0.25, -0.2) is 0 Å². The zero-order valence-electron chi connectivity index (χ0n) is 11.4. The van der Waals surface area contributed by atoms with Crippen molar-refractivity contribution in [2.24, 2.45) is 0 Å². The molecule has 0 fully saturated rings. The first kappa shape index (κ1) is 13.1. The maximum atomic E-state index is 5.63. The Labute approximate surface area is 121 Å². The van der Waals surface area contributed by atoms with Crippen molar-refractivity contribution in [3.05, 3.63) is 54.7 Å². The summed E-state index contributed by atoms with van der Waals surface area (Å²) in [7, 11) is 1.59. The van der Waals surface area contributed by atoms with Crippen molar-refractivity contribution in [2.75, 3.05) is 7.11 Å². The zero-order valence-corrected chi connectivity index (χ0v) is 11.4. The Kier molecular flexibility index (Phi) is 3.77. The number of benzene rings is 1. The normalized spacial score (nSPS) is 10.3. The Hall–Kier alpha value is -2.89. The summed E-state index contributed by atoms with van der Waals surface area (Å²) in [6.45, 7) is 0.174. The van der Waals surface area contributed by atoms with Crippen LogP contribution in [0.15, 0.2) is 53.3 Å². The van der Waals surface area contributed by atoms with Crippen molar-refractivity contribution in [1.29, 1.82) is 0 Å². The molecule has 6 heteroatoms. The van der Waals surface area contributed by atoms with Crippen LogP contribution >= 0.6 is 0 Å². The number of para-hydroxylation sites is 2. The van der Waals surface area contributed by atoms with Crippen LogP contribution in [0.4, 0.5) is 0 Å². The van der Waals surface area contributed by atoms with E-state index in [4.69, 9.17) is 14.0 Å². The molecule has 3 rings (SSSR count). The van der Waals surface area contributed by atoms with Crippen LogP contribution in [0.5, 0.6) is 11.5 Å². The Bertz CT molecular complexity index is 713. The molecule has 0 unspecified atom stereocenters. The van der Waals surface area contributed by atoms with E-state index in [1.807, 2.05) is 36.4 Å². The number of ether oxygens (including phenoxy) is 2. The predicted molar refractivity (Wildman–Crippen MR) is 74.9 cm³/mol. The molecule has 1 aromatic carbocycles. The number of pyridine rings is 1. The molecule has 0 amide bonds. The topological polar surface area (TPSA) is 70.3 Å². The molecular formula is C15H13N3O3. The van der Waals surface area contributed by atoms with Crippen LogP contribution in [-0.2, 0) is 6.61 Å². The molecule has 106 valence electrons. The van der Waals surface area contributed by atoms with E-state index in [1.165, 1.54) is 0 Å². The van der Waals surface area contributed by atoms with Gasteiger partial charge >= 0.3 is 0 Å². The highest BCUT2D eigenvalue weighted by Gasteiger charge is 2.10. The molecule has 6 nitrogen and oxygen atoms in total. The Morgan fingerprint density at radius 3 is 2.71 bits per heavy atom. The highest BCUT2D eigenvalue weighted by atomic mass is 16.5. The summed E-state index contributed by atoms with van der Waals surface area (Å²) in [6, 6.07) is 11.1. The first-order chi connectivity index (χ1) is 10.4. The van der Waals surface area contributed by atoms with Crippen molar-refractivity contribution in [2.45, 2.75) is 6.61 Å². The lowest BCUT2D eigenvalue weighted by Gasteiger charge is -2.07. The van der Waals surface area contributed by atoms with Crippen LogP contribution in [-0.4, -0.2) is 22.2 Å². The van der Waals surface area contributed by atoms with Crippen LogP contribution in [0.3, 0.4) is 0 Å². The highest BCUT2D eigenvalue weighted by Crippen LogP contribution is 2.26. The number of aromatic nitrogens is 3. The molecule has 0 spiro atoms. The van der Waals surface area contributed by atoms with Crippen LogP contribution in [0.1, 0.15) is 5.89 Å². The van der Waals surface area contributed by atoms with Gasteiger partial charge in [0.1, 0.15) is 0 Å². The fraction of sp³-hybridized carbons (Fsp3) is 0.133. The van der Waals surface area contributed by atoms with Crippen molar-refractivity contribution < 1.29 is 14.0 Å². The quantitative estimate of drug-likeness (QED) is 0.717. The molecule has 0 saturated heterocycles. The molecule has 0 bridgehead atoms. The molecule has 0 radical (unpaired) electrons. The van der Waals surface area contributed by atoms with Gasteiger partial charge in [-0.05, 0) is 24.3 Å². The molecule has 0 aliphatic rings. The van der Waals surface area contributed by atoms with E-state index >= 15 is 0 Å². The third-order valence-electron chi connectivity index (χ3n) is 2.81. The molecule has 2 aromatic heterocycles. The fourth-order valence-corrected chi connectivity index (χ4v) is 1.80. The molecule has 21 heavy (non-hydrogen) atoms. The first-order valence-electron chi connectivity index (χ1n) is 6.35. The fourth-order valence-electron chi connectivity index (χ4n) is 1.80. The van der Waals surface area contributed by atoms with E-state index in [-0.39, 0.29) is 6.61 Å². The summed E-state index contributed by atoms with van der Waals surface area (Å²) in [6.07, 6.45) is 3.37. The molecular weight excluding hydrogens is 270 g/mol. The second-order valence-electron chi connectivity index (χ2n) is 4.19. The number of nitrogens with zero attached hydrogens (tertiary/aromatic N) is 3. The Balaban J connectivity index is 1.71. The Morgan fingerprint density at radius 1 is 1.10 bits per heavy atom. The molecule has 0 atom stereocenters. The lowest BCUT2D eigenvalue weighted by molar-refractivity contribution is 0.233. The number of hydrogen-bond donors (Lipinski definition) is 0. The van der Waals surface area contributed by atoms with Gasteiger partial charge in [0.25, 0.3) is 5.89 Å². The van der Waals surface area contributed by atoms with Crippen LogP contribution < -0.4 is 9.47 Å². The van der Waals surface area contributed by atoms with Crippen molar-refractivity contribution in [1.82, 2.24) is 15.1 Å². The van der Waals surface area contributed by atoms with Gasteiger partial charge in [-0.1, -0.05) is 17.3 Å². The lowest BCUT2D eigenvalue weighted by atomic mass is 10.3. The zero-order chi connectivity index (χ0) is 14.5. The van der Waals surface area contributed by atoms with Gasteiger partial charge < -0.3 is 14.0 Å². The van der Waals surface area contributed by atoms with E-state index < -0.39 is 0 Å². The van der Waals surface area contributed by atoms with Gasteiger partial charge in [0.2, 0.25) is 5.82 Å². The minimum absolute atomic E-state index is 0.174. The van der Waals surface area contributed by atoms with Crippen LogP contribution in [0, 0.1) is 0 Å². The van der Waals surface area contributed by atoms with Gasteiger partial charge in [-0.3, -0.25) is 4.98 Å². The molecule has 0 aliphatic heterocycles. The average Bonchev–Trinajstić information content (AvgIpc) is 3.03. The van der Waals surface area contributed by atoms with Crippen molar-refractivity contribution in [3.8, 4) is 22.9 Å². The monoisotopic (exact) mass is 283 g/mol. The minimum atomic E-state index is 0.174. The summed E-state index contributed by atoms with van der Waals surface area (Å²) < 4.78 is 16.0. The summed E-state index contributed by atoms with van der Waals surface area (Å²) in [5.41, 5.74) is 0.796. The van der Waals surface area contributed by atoms with E-state index in [2.05, 4.69) is 15.1 Å². The summed E-state index contributed by atoms with van der Waals surface area (Å²) in [5.74, 6) is 2.16. The van der Waals surface area contributed by atoms with Crippen LogP contribution in [0.2, 0.25) is 0 Å². The standard InChI is InChI=1S/C15H13N3O3/c1-19-12-6-2-3-7-13(12)20-10-14-17-15(18-21-14)11-5-4-8-16-9-11/h2-9H,10H2,1H3. The second-order valence-corrected chi connectivity index (χ2v) is 4.19. The molecule has 0 aliphatic carbocycles. The molecule has 0 N–H and O–H groups in total. The number of methoxy groups -OCH3 is 1. The third-order valence-corrected chi connectivity index (χ3v) is 2.81. The van der Waals surface area contributed by atoms with Gasteiger partial charge in [0.05, 0.1) is 7.11 Å². The number of rotatable bonds is 5. The van der Waals surface area contributed by atoms with Crippen LogP contribution in [0.25, 0.3) is 11.4 Å². The lowest BCUT2D eigenvalue weighted by Crippen LogP contribution is -1.97. The van der Waals surface area contributed by atoms with Crippen molar-refractivity contribution in [3.63, 3.8) is 0 Å². The Morgan fingerprint density at radius 2 is 1.95 bits per heavy atom. The second kappa shape index (κ2) is 6.04. The highest BCUT2D eigenvalue weighted by molar-refractivity contribution is 5.51. The largest absolute Gasteiger partial charge is 0.493 e. The minimum Gasteiger partial charge on any atom is -0.493 e. The van der Waals surface area contributed by atoms with Gasteiger partial charge in [-0.15, -0.1) is 0 Å². The van der Waals surface area contributed by atoms with Gasteiger partial charge in [-0.2, -0.15) is 4.98 Å². The third kappa shape index (κ3) is 3.00. The van der Waals surface area contributed by atoms with E-state index in [0.717, 1.165) is 5.56 Å². The van der Waals surface area contributed by atoms with E-state index in [1.54, 1.807) is 19.5 Å². The number of hydrogen-bond acceptors (Lipinski definition) is 6. The van der Waals surface area contributed by atoms with Gasteiger partial charge in [0.15, 0.2) is 18.1 Å². The summed E-state index contributed by atoms with van der Waals surface area (Å²) in [5, 5.41) is 3.90. The van der Waals surface area contributed by atoms with Gasteiger partial charge in [0, 0.05) is 18.0 Å². The smallest absolute Gasteiger partial charge is 0.264 e.